The van der Waals surface area contributed by atoms with E-state index in [1.807, 2.05) is 0 Å². The standard InChI is InChI=1S/C14H10BrFN2OS/c15-12-5-4-9(16)7-11(12)14(19)18-10-3-1-2-8(6-10)13(17)20/h1-7H,(H2,17,20)(H,18,19). The second kappa shape index (κ2) is 6.11. The van der Waals surface area contributed by atoms with Gasteiger partial charge in [0, 0.05) is 15.7 Å². The second-order valence-corrected chi connectivity index (χ2v) is 5.32. The lowest BCUT2D eigenvalue weighted by molar-refractivity contribution is 0.102. The molecule has 0 saturated carbocycles. The third-order valence-corrected chi connectivity index (χ3v) is 3.51. The molecule has 3 nitrogen and oxygen atoms in total. The van der Waals surface area contributed by atoms with Crippen molar-refractivity contribution in [3.05, 3.63) is 63.9 Å². The molecular formula is C14H10BrFN2OS. The van der Waals surface area contributed by atoms with Gasteiger partial charge in [-0.25, -0.2) is 4.39 Å². The van der Waals surface area contributed by atoms with Crippen LogP contribution in [0.4, 0.5) is 10.1 Å². The van der Waals surface area contributed by atoms with Crippen LogP contribution in [0.1, 0.15) is 15.9 Å². The predicted molar refractivity (Wildman–Crippen MR) is 84.4 cm³/mol. The maximum Gasteiger partial charge on any atom is 0.256 e. The highest BCUT2D eigenvalue weighted by atomic mass is 79.9. The SMILES string of the molecule is NC(=S)c1cccc(NC(=O)c2cc(F)ccc2Br)c1. The molecule has 3 N–H and O–H groups in total. The summed E-state index contributed by atoms with van der Waals surface area (Å²) >= 11 is 8.09. The van der Waals surface area contributed by atoms with Gasteiger partial charge in [0.1, 0.15) is 10.8 Å². The summed E-state index contributed by atoms with van der Waals surface area (Å²) in [6.45, 7) is 0. The molecule has 0 aromatic heterocycles. The zero-order valence-electron chi connectivity index (χ0n) is 10.2. The molecule has 2 aromatic rings. The molecule has 0 aliphatic heterocycles. The number of thiocarbonyl (C=S) groups is 1. The van der Waals surface area contributed by atoms with Crippen molar-refractivity contribution >= 4 is 44.7 Å². The van der Waals surface area contributed by atoms with Crippen molar-refractivity contribution in [3.63, 3.8) is 0 Å². The third kappa shape index (κ3) is 3.40. The highest BCUT2D eigenvalue weighted by Gasteiger charge is 2.11. The van der Waals surface area contributed by atoms with E-state index >= 15 is 0 Å². The molecule has 0 spiro atoms. The number of halogens is 2. The van der Waals surface area contributed by atoms with Gasteiger partial charge in [-0.05, 0) is 46.3 Å². The normalized spacial score (nSPS) is 10.1. The summed E-state index contributed by atoms with van der Waals surface area (Å²) in [5.41, 5.74) is 6.93. The fourth-order valence-corrected chi connectivity index (χ4v) is 2.17. The van der Waals surface area contributed by atoms with Crippen LogP contribution in [0.15, 0.2) is 46.9 Å². The van der Waals surface area contributed by atoms with Gasteiger partial charge in [0.05, 0.1) is 5.56 Å². The Hall–Kier alpha value is -1.79. The molecule has 0 heterocycles. The van der Waals surface area contributed by atoms with Crippen LogP contribution in [0.5, 0.6) is 0 Å². The summed E-state index contributed by atoms with van der Waals surface area (Å²) in [4.78, 5) is 12.3. The number of rotatable bonds is 3. The molecule has 0 radical (unpaired) electrons. The molecule has 0 aliphatic carbocycles. The van der Waals surface area contributed by atoms with Crippen molar-refractivity contribution < 1.29 is 9.18 Å². The van der Waals surface area contributed by atoms with Crippen LogP contribution in [0, 0.1) is 5.82 Å². The van der Waals surface area contributed by atoms with Crippen LogP contribution in [-0.2, 0) is 0 Å². The van der Waals surface area contributed by atoms with E-state index in [0.717, 1.165) is 6.07 Å². The van der Waals surface area contributed by atoms with E-state index in [4.69, 9.17) is 18.0 Å². The van der Waals surface area contributed by atoms with Gasteiger partial charge in [-0.1, -0.05) is 24.4 Å². The molecule has 102 valence electrons. The Labute approximate surface area is 129 Å². The third-order valence-electron chi connectivity index (χ3n) is 2.58. The van der Waals surface area contributed by atoms with Crippen molar-refractivity contribution in [1.29, 1.82) is 0 Å². The molecule has 2 aromatic carbocycles. The van der Waals surface area contributed by atoms with Gasteiger partial charge in [0.2, 0.25) is 0 Å². The lowest BCUT2D eigenvalue weighted by Gasteiger charge is -2.08. The van der Waals surface area contributed by atoms with Gasteiger partial charge in [-0.15, -0.1) is 0 Å². The lowest BCUT2D eigenvalue weighted by Crippen LogP contribution is -2.14. The van der Waals surface area contributed by atoms with Crippen LogP contribution >= 0.6 is 28.1 Å². The van der Waals surface area contributed by atoms with Gasteiger partial charge in [-0.3, -0.25) is 4.79 Å². The quantitative estimate of drug-likeness (QED) is 0.831. The summed E-state index contributed by atoms with van der Waals surface area (Å²) in [7, 11) is 0. The topological polar surface area (TPSA) is 55.1 Å². The lowest BCUT2D eigenvalue weighted by atomic mass is 10.1. The first kappa shape index (κ1) is 14.6. The molecule has 2 rings (SSSR count). The molecule has 0 saturated heterocycles. The summed E-state index contributed by atoms with van der Waals surface area (Å²) in [5, 5.41) is 2.67. The zero-order valence-corrected chi connectivity index (χ0v) is 12.6. The molecule has 0 unspecified atom stereocenters. The molecule has 0 bridgehead atoms. The zero-order chi connectivity index (χ0) is 14.7. The van der Waals surface area contributed by atoms with Gasteiger partial charge < -0.3 is 11.1 Å². The molecular weight excluding hydrogens is 343 g/mol. The van der Waals surface area contributed by atoms with Gasteiger partial charge in [0.25, 0.3) is 5.91 Å². The first-order valence-electron chi connectivity index (χ1n) is 5.63. The number of nitrogens with one attached hydrogen (secondary N) is 1. The number of carbonyl (C=O) groups excluding carboxylic acids is 1. The van der Waals surface area contributed by atoms with Gasteiger partial charge in [-0.2, -0.15) is 0 Å². The van der Waals surface area contributed by atoms with Crippen molar-refractivity contribution in [3.8, 4) is 0 Å². The fraction of sp³-hybridized carbons (Fsp3) is 0. The van der Waals surface area contributed by atoms with E-state index in [0.29, 0.717) is 15.7 Å². The molecule has 0 fully saturated rings. The Bertz CT molecular complexity index is 691. The first-order chi connectivity index (χ1) is 9.47. The Morgan fingerprint density at radius 3 is 2.70 bits per heavy atom. The van der Waals surface area contributed by atoms with Crippen LogP contribution in [0.2, 0.25) is 0 Å². The Morgan fingerprint density at radius 2 is 2.00 bits per heavy atom. The molecule has 0 atom stereocenters. The minimum absolute atomic E-state index is 0.214. The number of amides is 1. The average molecular weight is 353 g/mol. The Kier molecular flexibility index (Phi) is 4.46. The van der Waals surface area contributed by atoms with Crippen molar-refractivity contribution in [1.82, 2.24) is 0 Å². The highest BCUT2D eigenvalue weighted by Crippen LogP contribution is 2.20. The number of hydrogen-bond acceptors (Lipinski definition) is 2. The number of nitrogens with two attached hydrogens (primary N) is 1. The van der Waals surface area contributed by atoms with Gasteiger partial charge >= 0.3 is 0 Å². The highest BCUT2D eigenvalue weighted by molar-refractivity contribution is 9.10. The number of hydrogen-bond donors (Lipinski definition) is 2. The average Bonchev–Trinajstić information content (AvgIpc) is 2.41. The minimum Gasteiger partial charge on any atom is -0.389 e. The number of benzene rings is 2. The van der Waals surface area contributed by atoms with Crippen molar-refractivity contribution in [2.24, 2.45) is 5.73 Å². The van der Waals surface area contributed by atoms with Crippen LogP contribution < -0.4 is 11.1 Å². The molecule has 6 heteroatoms. The molecule has 0 aliphatic rings. The maximum absolute atomic E-state index is 13.2. The smallest absolute Gasteiger partial charge is 0.256 e. The molecule has 1 amide bonds. The summed E-state index contributed by atoms with van der Waals surface area (Å²) in [5.74, 6) is -0.897. The van der Waals surface area contributed by atoms with E-state index in [2.05, 4.69) is 21.2 Å². The predicted octanol–water partition coefficient (Wildman–Crippen LogP) is 3.47. The second-order valence-electron chi connectivity index (χ2n) is 4.02. The van der Waals surface area contributed by atoms with E-state index in [-0.39, 0.29) is 10.6 Å². The van der Waals surface area contributed by atoms with Crippen LogP contribution in [0.25, 0.3) is 0 Å². The number of anilines is 1. The number of carbonyl (C=O) groups is 1. The summed E-state index contributed by atoms with van der Waals surface area (Å²) < 4.78 is 13.7. The van der Waals surface area contributed by atoms with Gasteiger partial charge in [0.15, 0.2) is 0 Å². The first-order valence-corrected chi connectivity index (χ1v) is 6.84. The largest absolute Gasteiger partial charge is 0.389 e. The monoisotopic (exact) mass is 352 g/mol. The summed E-state index contributed by atoms with van der Waals surface area (Å²) in [6, 6.07) is 10.8. The summed E-state index contributed by atoms with van der Waals surface area (Å²) in [6.07, 6.45) is 0. The van der Waals surface area contributed by atoms with E-state index in [1.165, 1.54) is 12.1 Å². The van der Waals surface area contributed by atoms with Crippen molar-refractivity contribution in [2.75, 3.05) is 5.32 Å². The van der Waals surface area contributed by atoms with Crippen LogP contribution in [-0.4, -0.2) is 10.9 Å². The maximum atomic E-state index is 13.2. The minimum atomic E-state index is -0.477. The van der Waals surface area contributed by atoms with Crippen LogP contribution in [0.3, 0.4) is 0 Å². The Balaban J connectivity index is 2.25. The molecule has 20 heavy (non-hydrogen) atoms. The van der Waals surface area contributed by atoms with E-state index < -0.39 is 11.7 Å². The van der Waals surface area contributed by atoms with E-state index in [1.54, 1.807) is 24.3 Å². The van der Waals surface area contributed by atoms with Crippen molar-refractivity contribution in [2.45, 2.75) is 0 Å². The fourth-order valence-electron chi connectivity index (χ4n) is 1.62. The Morgan fingerprint density at radius 1 is 1.25 bits per heavy atom. The van der Waals surface area contributed by atoms with E-state index in [9.17, 15) is 9.18 Å².